The summed E-state index contributed by atoms with van der Waals surface area (Å²) in [5.41, 5.74) is -0.600. The fourth-order valence-electron chi connectivity index (χ4n) is 1.50. The molecule has 1 rings (SSSR count). The molecule has 5 nitrogen and oxygen atoms in total. The van der Waals surface area contributed by atoms with Gasteiger partial charge < -0.3 is 4.74 Å². The zero-order chi connectivity index (χ0) is 13.2. The lowest BCUT2D eigenvalue weighted by Crippen LogP contribution is -2.08. The van der Waals surface area contributed by atoms with Crippen LogP contribution in [0.1, 0.15) is 22.8 Å². The number of nitro benzene ring substituents is 1. The zero-order valence-corrected chi connectivity index (χ0v) is 9.07. The van der Waals surface area contributed by atoms with Crippen molar-refractivity contribution in [2.75, 3.05) is 0 Å². The minimum atomic E-state index is -3.05. The van der Waals surface area contributed by atoms with Crippen molar-refractivity contribution in [3.05, 3.63) is 33.4 Å². The van der Waals surface area contributed by atoms with Crippen LogP contribution in [-0.4, -0.2) is 17.3 Å². The molecule has 92 valence electrons. The predicted octanol–water partition coefficient (Wildman–Crippen LogP) is 2.71. The highest BCUT2D eigenvalue weighted by molar-refractivity contribution is 6.00. The number of hydrogen-bond donors (Lipinski definition) is 0. The van der Waals surface area contributed by atoms with Gasteiger partial charge in [0.2, 0.25) is 0 Å². The van der Waals surface area contributed by atoms with Crippen LogP contribution in [0.3, 0.4) is 0 Å². The molecule has 0 unspecified atom stereocenters. The van der Waals surface area contributed by atoms with Crippen LogP contribution in [-0.2, 0) is 0 Å². The van der Waals surface area contributed by atoms with Gasteiger partial charge in [-0.15, -0.1) is 0 Å². The first kappa shape index (κ1) is 13.0. The second-order valence-electron chi connectivity index (χ2n) is 3.27. The van der Waals surface area contributed by atoms with Gasteiger partial charge in [0.25, 0.3) is 5.69 Å². The fourth-order valence-corrected chi connectivity index (χ4v) is 1.50. The first-order valence-corrected chi connectivity index (χ1v) is 4.58. The van der Waals surface area contributed by atoms with E-state index in [1.807, 2.05) is 0 Å². The number of rotatable bonds is 4. The van der Waals surface area contributed by atoms with Crippen molar-refractivity contribution in [3.63, 3.8) is 0 Å². The van der Waals surface area contributed by atoms with E-state index in [9.17, 15) is 23.7 Å². The Labute approximate surface area is 95.2 Å². The Balaban J connectivity index is 3.38. The van der Waals surface area contributed by atoms with Crippen LogP contribution in [0.2, 0.25) is 0 Å². The zero-order valence-electron chi connectivity index (χ0n) is 9.07. The first-order valence-electron chi connectivity index (χ1n) is 4.58. The van der Waals surface area contributed by atoms with Gasteiger partial charge in [-0.05, 0) is 19.9 Å². The van der Waals surface area contributed by atoms with Crippen molar-refractivity contribution in [1.29, 1.82) is 0 Å². The van der Waals surface area contributed by atoms with Crippen LogP contribution >= 0.6 is 0 Å². The largest absolute Gasteiger partial charge is 0.435 e. The van der Waals surface area contributed by atoms with E-state index in [0.29, 0.717) is 0 Å². The van der Waals surface area contributed by atoms with E-state index in [1.54, 1.807) is 0 Å². The number of carbonyl (C=O) groups is 1. The number of alkyl halides is 2. The molecule has 0 aliphatic heterocycles. The van der Waals surface area contributed by atoms with E-state index >= 15 is 0 Å². The summed E-state index contributed by atoms with van der Waals surface area (Å²) in [7, 11) is 0. The minimum absolute atomic E-state index is 0.0343. The average molecular weight is 245 g/mol. The molecule has 0 radical (unpaired) electrons. The molecule has 0 heterocycles. The Morgan fingerprint density at radius 1 is 1.47 bits per heavy atom. The molecule has 0 aliphatic rings. The maximum absolute atomic E-state index is 12.1. The SMILES string of the molecule is CC(=O)c1c([N+](=O)[O-])ccc(OC(F)F)c1C. The molecule has 0 aromatic heterocycles. The number of halogens is 2. The third-order valence-electron chi connectivity index (χ3n) is 2.16. The number of Topliss-reactive ketones (excluding diaryl/α,β-unsaturated/α-hetero) is 1. The lowest BCUT2D eigenvalue weighted by Gasteiger charge is -2.10. The second-order valence-corrected chi connectivity index (χ2v) is 3.27. The highest BCUT2D eigenvalue weighted by Gasteiger charge is 2.23. The fraction of sp³-hybridized carbons (Fsp3) is 0.300. The van der Waals surface area contributed by atoms with Gasteiger partial charge in [0, 0.05) is 11.6 Å². The quantitative estimate of drug-likeness (QED) is 0.464. The van der Waals surface area contributed by atoms with Gasteiger partial charge in [0.05, 0.1) is 4.92 Å². The van der Waals surface area contributed by atoms with Gasteiger partial charge in [0.1, 0.15) is 11.3 Å². The topological polar surface area (TPSA) is 69.4 Å². The van der Waals surface area contributed by atoms with Gasteiger partial charge in [0.15, 0.2) is 5.78 Å². The van der Waals surface area contributed by atoms with Gasteiger partial charge >= 0.3 is 6.61 Å². The monoisotopic (exact) mass is 245 g/mol. The standard InChI is InChI=1S/C10H9F2NO4/c1-5-8(17-10(11)12)4-3-7(13(15)16)9(5)6(2)14/h3-4,10H,1-2H3. The summed E-state index contributed by atoms with van der Waals surface area (Å²) in [6, 6.07) is 2.02. The molecule has 0 spiro atoms. The summed E-state index contributed by atoms with van der Waals surface area (Å²) in [5.74, 6) is -0.815. The van der Waals surface area contributed by atoms with E-state index in [0.717, 1.165) is 19.1 Å². The Morgan fingerprint density at radius 3 is 2.47 bits per heavy atom. The molecule has 0 aliphatic carbocycles. The summed E-state index contributed by atoms with van der Waals surface area (Å²) >= 11 is 0. The molecular formula is C10H9F2NO4. The molecule has 1 aromatic rings. The van der Waals surface area contributed by atoms with Crippen LogP contribution in [0.5, 0.6) is 5.75 Å². The van der Waals surface area contributed by atoms with E-state index in [-0.39, 0.29) is 16.9 Å². The Kier molecular flexibility index (Phi) is 3.72. The maximum atomic E-state index is 12.1. The first-order chi connectivity index (χ1) is 7.84. The normalized spacial score (nSPS) is 10.4. The van der Waals surface area contributed by atoms with Crippen LogP contribution in [0.25, 0.3) is 0 Å². The predicted molar refractivity (Wildman–Crippen MR) is 54.5 cm³/mol. The third-order valence-corrected chi connectivity index (χ3v) is 2.16. The summed E-state index contributed by atoms with van der Waals surface area (Å²) in [6.45, 7) is -0.599. The minimum Gasteiger partial charge on any atom is -0.435 e. The van der Waals surface area contributed by atoms with Crippen molar-refractivity contribution in [1.82, 2.24) is 0 Å². The summed E-state index contributed by atoms with van der Waals surface area (Å²) in [5, 5.41) is 10.7. The number of carbonyl (C=O) groups excluding carboxylic acids is 1. The van der Waals surface area contributed by atoms with Gasteiger partial charge in [-0.25, -0.2) is 0 Å². The Bertz CT molecular complexity index is 474. The molecule has 0 saturated heterocycles. The van der Waals surface area contributed by atoms with Crippen molar-refractivity contribution >= 4 is 11.5 Å². The molecule has 0 saturated carbocycles. The number of ether oxygens (including phenoxy) is 1. The average Bonchev–Trinajstić information content (AvgIpc) is 2.19. The van der Waals surface area contributed by atoms with Crippen LogP contribution in [0.15, 0.2) is 12.1 Å². The molecular weight excluding hydrogens is 236 g/mol. The van der Waals surface area contributed by atoms with E-state index in [4.69, 9.17) is 0 Å². The van der Waals surface area contributed by atoms with Gasteiger partial charge in [-0.2, -0.15) is 8.78 Å². The van der Waals surface area contributed by atoms with Crippen LogP contribution < -0.4 is 4.74 Å². The number of hydrogen-bond acceptors (Lipinski definition) is 4. The van der Waals surface area contributed by atoms with Crippen LogP contribution in [0, 0.1) is 17.0 Å². The van der Waals surface area contributed by atoms with E-state index in [2.05, 4.69) is 4.74 Å². The van der Waals surface area contributed by atoms with Gasteiger partial charge in [-0.1, -0.05) is 0 Å². The second kappa shape index (κ2) is 4.86. The molecule has 0 amide bonds. The summed E-state index contributed by atoms with van der Waals surface area (Å²) in [4.78, 5) is 21.2. The van der Waals surface area contributed by atoms with Crippen molar-refractivity contribution in [3.8, 4) is 5.75 Å². The van der Waals surface area contributed by atoms with Gasteiger partial charge in [-0.3, -0.25) is 14.9 Å². The molecule has 0 atom stereocenters. The molecule has 1 aromatic carbocycles. The molecule has 17 heavy (non-hydrogen) atoms. The smallest absolute Gasteiger partial charge is 0.387 e. The number of nitrogens with zero attached hydrogens (tertiary/aromatic N) is 1. The van der Waals surface area contributed by atoms with Crippen molar-refractivity contribution in [2.45, 2.75) is 20.5 Å². The van der Waals surface area contributed by atoms with Crippen molar-refractivity contribution < 1.29 is 23.2 Å². The molecule has 0 bridgehead atoms. The Hall–Kier alpha value is -2.05. The summed E-state index contributed by atoms with van der Waals surface area (Å²) in [6.07, 6.45) is 0. The number of benzene rings is 1. The Morgan fingerprint density at radius 2 is 2.06 bits per heavy atom. The lowest BCUT2D eigenvalue weighted by molar-refractivity contribution is -0.385. The molecule has 7 heteroatoms. The van der Waals surface area contributed by atoms with E-state index < -0.39 is 23.0 Å². The summed E-state index contributed by atoms with van der Waals surface area (Å²) < 4.78 is 28.3. The molecule has 0 fully saturated rings. The third kappa shape index (κ3) is 2.74. The molecule has 0 N–H and O–H groups in total. The lowest BCUT2D eigenvalue weighted by atomic mass is 10.0. The highest BCUT2D eigenvalue weighted by Crippen LogP contribution is 2.30. The van der Waals surface area contributed by atoms with Crippen LogP contribution in [0.4, 0.5) is 14.5 Å². The van der Waals surface area contributed by atoms with E-state index in [1.165, 1.54) is 6.92 Å². The highest BCUT2D eigenvalue weighted by atomic mass is 19.3. The number of nitro groups is 1. The maximum Gasteiger partial charge on any atom is 0.387 e. The number of ketones is 1. The van der Waals surface area contributed by atoms with Crippen molar-refractivity contribution in [2.24, 2.45) is 0 Å².